The topological polar surface area (TPSA) is 56.1 Å². The summed E-state index contributed by atoms with van der Waals surface area (Å²) in [6.45, 7) is 0.842. The van der Waals surface area contributed by atoms with Gasteiger partial charge in [-0.3, -0.25) is 9.69 Å². The molecule has 2 aromatic rings. The molecule has 38 heavy (non-hydrogen) atoms. The van der Waals surface area contributed by atoms with Crippen molar-refractivity contribution in [2.75, 3.05) is 25.0 Å². The average Bonchev–Trinajstić information content (AvgIpc) is 3.78. The van der Waals surface area contributed by atoms with Gasteiger partial charge in [0.05, 0.1) is 28.2 Å². The van der Waals surface area contributed by atoms with Gasteiger partial charge in [0.15, 0.2) is 0 Å². The number of alkyl halides is 2. The summed E-state index contributed by atoms with van der Waals surface area (Å²) in [5.74, 6) is -1.24. The molecule has 1 amide bonds. The van der Waals surface area contributed by atoms with Gasteiger partial charge in [0, 0.05) is 24.6 Å². The van der Waals surface area contributed by atoms with Crippen molar-refractivity contribution in [2.45, 2.75) is 49.9 Å². The Labute approximate surface area is 232 Å². The quantitative estimate of drug-likeness (QED) is 0.393. The predicted molar refractivity (Wildman–Crippen MR) is 144 cm³/mol. The summed E-state index contributed by atoms with van der Waals surface area (Å²) < 4.78 is 27.5. The Kier molecular flexibility index (Phi) is 6.69. The first-order chi connectivity index (χ1) is 18.2. The van der Waals surface area contributed by atoms with Crippen LogP contribution in [0.2, 0.25) is 10.0 Å². The van der Waals surface area contributed by atoms with Crippen LogP contribution in [0, 0.1) is 40.9 Å². The Bertz CT molecular complexity index is 1300. The Morgan fingerprint density at radius 2 is 2.00 bits per heavy atom. The highest BCUT2D eigenvalue weighted by molar-refractivity contribution is 6.42. The molecule has 1 N–H and O–H groups in total. The van der Waals surface area contributed by atoms with Crippen molar-refractivity contribution < 1.29 is 13.6 Å². The molecule has 0 radical (unpaired) electrons. The van der Waals surface area contributed by atoms with Crippen LogP contribution in [0.5, 0.6) is 0 Å². The van der Waals surface area contributed by atoms with Crippen molar-refractivity contribution in [3.8, 4) is 6.07 Å². The third-order valence-electron chi connectivity index (χ3n) is 9.64. The fourth-order valence-corrected chi connectivity index (χ4v) is 7.88. The van der Waals surface area contributed by atoms with Gasteiger partial charge in [-0.25, -0.2) is 8.78 Å². The van der Waals surface area contributed by atoms with E-state index in [0.717, 1.165) is 32.1 Å². The van der Waals surface area contributed by atoms with Gasteiger partial charge < -0.3 is 5.32 Å². The molecule has 6 atom stereocenters. The zero-order valence-electron chi connectivity index (χ0n) is 21.1. The third kappa shape index (κ3) is 4.94. The van der Waals surface area contributed by atoms with Gasteiger partial charge in [0.2, 0.25) is 5.91 Å². The molecule has 6 rings (SSSR count). The number of nitrogens with zero attached hydrogens (tertiary/aromatic N) is 2. The van der Waals surface area contributed by atoms with Crippen molar-refractivity contribution in [1.82, 2.24) is 4.90 Å². The van der Waals surface area contributed by atoms with Crippen molar-refractivity contribution in [2.24, 2.45) is 29.6 Å². The van der Waals surface area contributed by atoms with E-state index >= 15 is 0 Å². The zero-order valence-corrected chi connectivity index (χ0v) is 22.6. The number of halogens is 4. The summed E-state index contributed by atoms with van der Waals surface area (Å²) in [6.07, 6.45) is 5.01. The average molecular weight is 559 g/mol. The number of hydrogen-bond donors (Lipinski definition) is 1. The van der Waals surface area contributed by atoms with Crippen LogP contribution in [-0.2, 0) is 10.2 Å². The monoisotopic (exact) mass is 557 g/mol. The van der Waals surface area contributed by atoms with Crippen molar-refractivity contribution in [1.29, 1.82) is 5.26 Å². The highest BCUT2D eigenvalue weighted by Crippen LogP contribution is 2.68. The minimum absolute atomic E-state index is 0.0144. The summed E-state index contributed by atoms with van der Waals surface area (Å²) >= 11 is 12.2. The molecule has 0 aromatic heterocycles. The van der Waals surface area contributed by atoms with Crippen molar-refractivity contribution in [3.63, 3.8) is 0 Å². The number of nitrogens with one attached hydrogen (secondary N) is 1. The maximum atomic E-state index is 13.7. The fourth-order valence-electron chi connectivity index (χ4n) is 7.58. The molecular weight excluding hydrogens is 527 g/mol. The number of rotatable bonds is 7. The lowest BCUT2D eigenvalue weighted by atomic mass is 9.75. The van der Waals surface area contributed by atoms with Crippen LogP contribution < -0.4 is 5.32 Å². The van der Waals surface area contributed by atoms with Crippen LogP contribution in [0.15, 0.2) is 42.5 Å². The van der Waals surface area contributed by atoms with Crippen LogP contribution in [0.4, 0.5) is 14.5 Å². The number of anilines is 1. The number of nitriles is 1. The van der Waals surface area contributed by atoms with Gasteiger partial charge >= 0.3 is 0 Å². The van der Waals surface area contributed by atoms with E-state index in [4.69, 9.17) is 23.2 Å². The summed E-state index contributed by atoms with van der Waals surface area (Å²) in [6, 6.07) is 15.4. The molecule has 1 heterocycles. The second-order valence-electron chi connectivity index (χ2n) is 11.8. The first kappa shape index (κ1) is 26.0. The predicted octanol–water partition coefficient (Wildman–Crippen LogP) is 7.15. The molecule has 4 nitrogen and oxygen atoms in total. The van der Waals surface area contributed by atoms with E-state index < -0.39 is 5.92 Å². The van der Waals surface area contributed by atoms with Gasteiger partial charge in [-0.1, -0.05) is 35.3 Å². The number of carbonyl (C=O) groups excluding carboxylic acids is 1. The van der Waals surface area contributed by atoms with Gasteiger partial charge in [-0.15, -0.1) is 0 Å². The lowest BCUT2D eigenvalue weighted by molar-refractivity contribution is -0.118. The molecule has 8 heteroatoms. The van der Waals surface area contributed by atoms with Crippen LogP contribution >= 0.6 is 23.2 Å². The lowest BCUT2D eigenvalue weighted by Gasteiger charge is -2.29. The van der Waals surface area contributed by atoms with Crippen LogP contribution in [-0.4, -0.2) is 36.4 Å². The van der Waals surface area contributed by atoms with E-state index in [2.05, 4.69) is 17.5 Å². The molecular formula is C30H31Cl2F2N3O. The molecule has 3 aliphatic carbocycles. The first-order valence-corrected chi connectivity index (χ1v) is 14.3. The van der Waals surface area contributed by atoms with Gasteiger partial charge in [-0.2, -0.15) is 5.26 Å². The summed E-state index contributed by atoms with van der Waals surface area (Å²) in [5.41, 5.74) is 2.78. The van der Waals surface area contributed by atoms with E-state index in [0.29, 0.717) is 46.2 Å². The highest BCUT2D eigenvalue weighted by atomic mass is 35.5. The fraction of sp³-hybridized carbons (Fsp3) is 0.533. The molecule has 2 aromatic carbocycles. The third-order valence-corrected chi connectivity index (χ3v) is 10.4. The number of benzene rings is 2. The molecule has 3 unspecified atom stereocenters. The molecule has 3 saturated carbocycles. The van der Waals surface area contributed by atoms with Crippen LogP contribution in [0.1, 0.15) is 49.7 Å². The Balaban J connectivity index is 1.14. The van der Waals surface area contributed by atoms with Crippen molar-refractivity contribution in [3.05, 3.63) is 63.6 Å². The molecule has 1 saturated heterocycles. The number of likely N-dealkylation sites (tertiary alicyclic amines) is 1. The van der Waals surface area contributed by atoms with E-state index in [1.54, 1.807) is 18.2 Å². The van der Waals surface area contributed by atoms with E-state index in [9.17, 15) is 18.8 Å². The summed E-state index contributed by atoms with van der Waals surface area (Å²) in [4.78, 5) is 15.3. The Morgan fingerprint density at radius 1 is 1.16 bits per heavy atom. The normalized spacial score (nSPS) is 33.3. The van der Waals surface area contributed by atoms with Gasteiger partial charge in [0.1, 0.15) is 0 Å². The number of hydrogen-bond acceptors (Lipinski definition) is 3. The molecule has 4 fully saturated rings. The lowest BCUT2D eigenvalue weighted by Crippen LogP contribution is -2.27. The summed E-state index contributed by atoms with van der Waals surface area (Å²) in [7, 11) is 0. The zero-order chi connectivity index (χ0) is 26.7. The molecule has 1 aliphatic heterocycles. The van der Waals surface area contributed by atoms with E-state index in [1.165, 1.54) is 5.56 Å². The molecule has 0 bridgehead atoms. The Morgan fingerprint density at radius 3 is 2.71 bits per heavy atom. The molecule has 0 spiro atoms. The molecule has 4 aliphatic rings. The summed E-state index contributed by atoms with van der Waals surface area (Å²) in [5, 5.41) is 13.2. The standard InChI is InChI=1S/C30H31Cl2F2N3O/c31-24-5-4-22(14-25(24)32)36-28(38)27-23(7-10-37-11-9-30(33,34)17-37)26(27)19-6-8-29(15-21(29)13-19)20-3-1-2-18(12-20)16-35/h1-5,12,14,19,21,23,26-27H,6-11,13,15,17H2,(H,36,38)/t19-,21?,23+,26?,27?,29+/m1/s1. The maximum Gasteiger partial charge on any atom is 0.261 e. The van der Waals surface area contributed by atoms with Crippen LogP contribution in [0.25, 0.3) is 0 Å². The number of fused-ring (bicyclic) bond motifs is 1. The molecule has 200 valence electrons. The van der Waals surface area contributed by atoms with E-state index in [-0.39, 0.29) is 42.0 Å². The van der Waals surface area contributed by atoms with E-state index in [1.807, 2.05) is 23.1 Å². The minimum atomic E-state index is -2.60. The second kappa shape index (κ2) is 9.77. The smallest absolute Gasteiger partial charge is 0.261 e. The largest absolute Gasteiger partial charge is 0.326 e. The van der Waals surface area contributed by atoms with Gasteiger partial charge in [-0.05, 0) is 104 Å². The SMILES string of the molecule is N#Cc1cccc([C@@]23CC[C@@H](C4C(C(=O)Nc5ccc(Cl)c(Cl)c5)[C@H]4CCN4CCC(F)(F)C4)CC2C3)c1. The Hall–Kier alpha value is -2.20. The maximum absolute atomic E-state index is 13.7. The second-order valence-corrected chi connectivity index (χ2v) is 12.7. The highest BCUT2D eigenvalue weighted by Gasteiger charge is 2.63. The van der Waals surface area contributed by atoms with Gasteiger partial charge in [0.25, 0.3) is 5.92 Å². The first-order valence-electron chi connectivity index (χ1n) is 13.6. The number of carbonyl (C=O) groups is 1. The van der Waals surface area contributed by atoms with Crippen LogP contribution in [0.3, 0.4) is 0 Å². The minimum Gasteiger partial charge on any atom is -0.326 e. The number of amides is 1. The van der Waals surface area contributed by atoms with Crippen molar-refractivity contribution >= 4 is 34.8 Å².